The molecule has 0 heterocycles. The maximum Gasteiger partial charge on any atom is 0.126 e. The third-order valence-electron chi connectivity index (χ3n) is 1.42. The van der Waals surface area contributed by atoms with Gasteiger partial charge in [-0.3, -0.25) is 0 Å². The number of hydrogen-bond acceptors (Lipinski definition) is 2. The second kappa shape index (κ2) is 4.58. The molecule has 0 fully saturated rings. The Morgan fingerprint density at radius 1 is 1.57 bits per heavy atom. The summed E-state index contributed by atoms with van der Waals surface area (Å²) in [7, 11) is 0. The van der Waals surface area contributed by atoms with Crippen molar-refractivity contribution in [2.75, 3.05) is 5.88 Å². The first kappa shape index (κ1) is 10.5. The van der Waals surface area contributed by atoms with E-state index in [1.54, 1.807) is 0 Å². The molecule has 0 amide bonds. The smallest absolute Gasteiger partial charge is 0.126 e. The summed E-state index contributed by atoms with van der Waals surface area (Å²) in [5.41, 5.74) is 5.85. The number of halogens is 2. The lowest BCUT2D eigenvalue weighted by molar-refractivity contribution is 0.627. The highest BCUT2D eigenvalue weighted by Crippen LogP contribution is 2.16. The highest BCUT2D eigenvalue weighted by atomic mass is 35.5. The fourth-order valence-corrected chi connectivity index (χ4v) is 0.959. The van der Waals surface area contributed by atoms with Crippen LogP contribution in [0.4, 0.5) is 10.1 Å². The molecular formula is C9H7ClFN3. The predicted molar refractivity (Wildman–Crippen MR) is 53.1 cm³/mol. The lowest BCUT2D eigenvalue weighted by atomic mass is 10.2. The van der Waals surface area contributed by atoms with Crippen LogP contribution in [0.2, 0.25) is 0 Å². The van der Waals surface area contributed by atoms with E-state index >= 15 is 0 Å². The van der Waals surface area contributed by atoms with Crippen molar-refractivity contribution in [3.8, 4) is 6.07 Å². The Bertz CT molecular complexity index is 409. The van der Waals surface area contributed by atoms with Gasteiger partial charge in [-0.05, 0) is 18.2 Å². The van der Waals surface area contributed by atoms with Crippen molar-refractivity contribution in [3.05, 3.63) is 29.6 Å². The molecule has 0 radical (unpaired) electrons. The lowest BCUT2D eigenvalue weighted by Crippen LogP contribution is -2.12. The van der Waals surface area contributed by atoms with Gasteiger partial charge in [0.05, 0.1) is 23.2 Å². The van der Waals surface area contributed by atoms with Gasteiger partial charge in [-0.15, -0.1) is 11.6 Å². The van der Waals surface area contributed by atoms with E-state index < -0.39 is 5.82 Å². The quantitative estimate of drug-likeness (QED) is 0.462. The number of rotatable bonds is 2. The first-order valence-corrected chi connectivity index (χ1v) is 4.29. The van der Waals surface area contributed by atoms with Gasteiger partial charge in [-0.2, -0.15) is 5.26 Å². The molecule has 0 aromatic heterocycles. The molecule has 2 N–H and O–H groups in total. The highest BCUT2D eigenvalue weighted by molar-refractivity contribution is 6.28. The average Bonchev–Trinajstić information content (AvgIpc) is 2.16. The van der Waals surface area contributed by atoms with Crippen LogP contribution in [-0.4, -0.2) is 11.7 Å². The zero-order valence-electron chi connectivity index (χ0n) is 7.17. The second-order valence-corrected chi connectivity index (χ2v) is 2.81. The van der Waals surface area contributed by atoms with Crippen LogP contribution in [0.25, 0.3) is 0 Å². The van der Waals surface area contributed by atoms with Crippen molar-refractivity contribution in [2.45, 2.75) is 0 Å². The topological polar surface area (TPSA) is 62.2 Å². The molecule has 0 aliphatic carbocycles. The Hall–Kier alpha value is -1.60. The van der Waals surface area contributed by atoms with Gasteiger partial charge in [0, 0.05) is 0 Å². The van der Waals surface area contributed by atoms with Crippen molar-refractivity contribution >= 4 is 23.1 Å². The molecule has 1 rings (SSSR count). The monoisotopic (exact) mass is 211 g/mol. The molecule has 72 valence electrons. The molecule has 0 aliphatic rings. The van der Waals surface area contributed by atoms with E-state index in [4.69, 9.17) is 22.6 Å². The molecule has 0 spiro atoms. The number of nitrogens with zero attached hydrogens (tertiary/aromatic N) is 2. The Morgan fingerprint density at radius 3 is 2.86 bits per heavy atom. The molecule has 3 nitrogen and oxygen atoms in total. The number of hydrogen-bond donors (Lipinski definition) is 1. The summed E-state index contributed by atoms with van der Waals surface area (Å²) in [5.74, 6) is -0.274. The van der Waals surface area contributed by atoms with Crippen LogP contribution in [-0.2, 0) is 0 Å². The van der Waals surface area contributed by atoms with Crippen molar-refractivity contribution in [1.82, 2.24) is 0 Å². The number of nitriles is 1. The van der Waals surface area contributed by atoms with E-state index in [1.807, 2.05) is 6.07 Å². The highest BCUT2D eigenvalue weighted by Gasteiger charge is 1.99. The van der Waals surface area contributed by atoms with Crippen molar-refractivity contribution < 1.29 is 4.39 Å². The molecule has 0 bridgehead atoms. The van der Waals surface area contributed by atoms with E-state index in [9.17, 15) is 4.39 Å². The standard InChI is InChI=1S/C9H7ClFN3/c10-4-9(13)14-8-2-6(5-12)1-7(11)3-8/h1-3H,4H2,(H2,13,14). The first-order valence-electron chi connectivity index (χ1n) is 3.75. The summed E-state index contributed by atoms with van der Waals surface area (Å²) < 4.78 is 12.9. The van der Waals surface area contributed by atoms with Crippen LogP contribution in [0.3, 0.4) is 0 Å². The third-order valence-corrected chi connectivity index (χ3v) is 1.70. The Kier molecular flexibility index (Phi) is 3.43. The van der Waals surface area contributed by atoms with Gasteiger partial charge in [0.2, 0.25) is 0 Å². The second-order valence-electron chi connectivity index (χ2n) is 2.55. The Balaban J connectivity index is 3.11. The van der Waals surface area contributed by atoms with Crippen LogP contribution in [0.5, 0.6) is 0 Å². The Morgan fingerprint density at radius 2 is 2.29 bits per heavy atom. The van der Waals surface area contributed by atoms with Gasteiger partial charge in [0.15, 0.2) is 0 Å². The summed E-state index contributed by atoms with van der Waals surface area (Å²) in [6.45, 7) is 0. The minimum Gasteiger partial charge on any atom is -0.386 e. The molecular weight excluding hydrogens is 205 g/mol. The summed E-state index contributed by atoms with van der Waals surface area (Å²) in [4.78, 5) is 3.82. The largest absolute Gasteiger partial charge is 0.386 e. The molecule has 5 heteroatoms. The van der Waals surface area contributed by atoms with Gasteiger partial charge in [0.1, 0.15) is 11.7 Å². The van der Waals surface area contributed by atoms with Gasteiger partial charge >= 0.3 is 0 Å². The summed E-state index contributed by atoms with van der Waals surface area (Å²) in [6, 6.07) is 5.55. The van der Waals surface area contributed by atoms with Crippen molar-refractivity contribution in [1.29, 1.82) is 5.26 Å². The van der Waals surface area contributed by atoms with Crippen molar-refractivity contribution in [2.24, 2.45) is 10.7 Å². The number of amidine groups is 1. The van der Waals surface area contributed by atoms with Crippen LogP contribution in [0.15, 0.2) is 23.2 Å². The van der Waals surface area contributed by atoms with E-state index in [0.29, 0.717) is 5.69 Å². The van der Waals surface area contributed by atoms with E-state index in [2.05, 4.69) is 4.99 Å². The lowest BCUT2D eigenvalue weighted by Gasteiger charge is -1.97. The fraction of sp³-hybridized carbons (Fsp3) is 0.111. The normalized spacial score (nSPS) is 11.1. The molecule has 1 aromatic carbocycles. The zero-order valence-corrected chi connectivity index (χ0v) is 7.92. The van der Waals surface area contributed by atoms with Gasteiger partial charge in [0.25, 0.3) is 0 Å². The summed E-state index contributed by atoms with van der Waals surface area (Å²) in [5, 5.41) is 8.56. The Labute approximate surface area is 85.6 Å². The summed E-state index contributed by atoms with van der Waals surface area (Å²) >= 11 is 5.40. The number of alkyl halides is 1. The molecule has 0 saturated heterocycles. The number of nitrogens with two attached hydrogens (primary N) is 1. The molecule has 0 atom stereocenters. The number of aliphatic imine (C=N–C) groups is 1. The zero-order chi connectivity index (χ0) is 10.6. The molecule has 1 aromatic rings. The minimum absolute atomic E-state index is 0.0679. The first-order chi connectivity index (χ1) is 6.65. The third kappa shape index (κ3) is 2.71. The molecule has 0 aliphatic heterocycles. The maximum atomic E-state index is 12.9. The van der Waals surface area contributed by atoms with Crippen LogP contribution in [0, 0.1) is 17.1 Å². The average molecular weight is 212 g/mol. The van der Waals surface area contributed by atoms with E-state index in [0.717, 1.165) is 6.07 Å². The van der Waals surface area contributed by atoms with E-state index in [1.165, 1.54) is 12.1 Å². The SMILES string of the molecule is N#Cc1cc(F)cc(N=C(N)CCl)c1. The van der Waals surface area contributed by atoms with Gasteiger partial charge in [-0.1, -0.05) is 0 Å². The fourth-order valence-electron chi connectivity index (χ4n) is 0.899. The van der Waals surface area contributed by atoms with Gasteiger partial charge < -0.3 is 5.73 Å². The minimum atomic E-state index is -0.523. The molecule has 14 heavy (non-hydrogen) atoms. The van der Waals surface area contributed by atoms with E-state index in [-0.39, 0.29) is 17.3 Å². The van der Waals surface area contributed by atoms with Crippen LogP contribution >= 0.6 is 11.6 Å². The van der Waals surface area contributed by atoms with Gasteiger partial charge in [-0.25, -0.2) is 9.38 Å². The molecule has 0 unspecified atom stereocenters. The predicted octanol–water partition coefficient (Wildman–Crippen LogP) is 1.92. The maximum absolute atomic E-state index is 12.9. The number of benzene rings is 1. The van der Waals surface area contributed by atoms with Crippen LogP contribution in [0.1, 0.15) is 5.56 Å². The van der Waals surface area contributed by atoms with Crippen molar-refractivity contribution in [3.63, 3.8) is 0 Å². The summed E-state index contributed by atoms with van der Waals surface area (Å²) in [6.07, 6.45) is 0. The molecule has 0 saturated carbocycles. The van der Waals surface area contributed by atoms with Crippen LogP contribution < -0.4 is 5.73 Å².